The number of aromatic nitrogens is 2. The van der Waals surface area contributed by atoms with Gasteiger partial charge in [0.2, 0.25) is 5.91 Å². The summed E-state index contributed by atoms with van der Waals surface area (Å²) in [6.07, 6.45) is 6.64. The molecule has 0 fully saturated rings. The summed E-state index contributed by atoms with van der Waals surface area (Å²) in [7, 11) is 0. The Kier molecular flexibility index (Phi) is 4.01. The van der Waals surface area contributed by atoms with Gasteiger partial charge in [0.1, 0.15) is 0 Å². The molecular formula is C16H19N3O2. The fourth-order valence-corrected chi connectivity index (χ4v) is 2.83. The predicted octanol–water partition coefficient (Wildman–Crippen LogP) is 1.44. The summed E-state index contributed by atoms with van der Waals surface area (Å²) in [5, 5.41) is 13.1. The lowest BCUT2D eigenvalue weighted by molar-refractivity contribution is -0.122. The second kappa shape index (κ2) is 6.10. The van der Waals surface area contributed by atoms with E-state index in [1.165, 1.54) is 0 Å². The van der Waals surface area contributed by atoms with Crippen LogP contribution in [0.2, 0.25) is 0 Å². The van der Waals surface area contributed by atoms with Crippen molar-refractivity contribution in [3.8, 4) is 0 Å². The Morgan fingerprint density at radius 3 is 3.10 bits per heavy atom. The molecule has 0 bridgehead atoms. The quantitative estimate of drug-likeness (QED) is 0.873. The first-order valence-electron chi connectivity index (χ1n) is 7.25. The van der Waals surface area contributed by atoms with Gasteiger partial charge in [0.15, 0.2) is 0 Å². The van der Waals surface area contributed by atoms with E-state index in [1.54, 1.807) is 12.5 Å². The average molecular weight is 285 g/mol. The maximum absolute atomic E-state index is 12.0. The van der Waals surface area contributed by atoms with Crippen LogP contribution in [-0.4, -0.2) is 26.7 Å². The van der Waals surface area contributed by atoms with E-state index < -0.39 is 6.10 Å². The molecule has 0 saturated heterocycles. The molecule has 1 heterocycles. The fraction of sp³-hybridized carbons (Fsp3) is 0.375. The SMILES string of the molecule is O=C(CCCn1ccnc1)NC1c2ccccc2CC1O. The maximum Gasteiger partial charge on any atom is 0.220 e. The lowest BCUT2D eigenvalue weighted by Crippen LogP contribution is -2.33. The highest BCUT2D eigenvalue weighted by Gasteiger charge is 2.31. The van der Waals surface area contributed by atoms with Crippen LogP contribution in [0.1, 0.15) is 30.0 Å². The molecule has 5 heteroatoms. The third kappa shape index (κ3) is 3.13. The number of rotatable bonds is 5. The zero-order chi connectivity index (χ0) is 14.7. The molecule has 0 radical (unpaired) electrons. The molecule has 0 spiro atoms. The average Bonchev–Trinajstić information content (AvgIpc) is 3.08. The Labute approximate surface area is 123 Å². The minimum atomic E-state index is -0.528. The lowest BCUT2D eigenvalue weighted by Gasteiger charge is -2.18. The van der Waals surface area contributed by atoms with Crippen LogP contribution in [0.5, 0.6) is 0 Å². The van der Waals surface area contributed by atoms with Gasteiger partial charge in [-0.2, -0.15) is 0 Å². The zero-order valence-corrected chi connectivity index (χ0v) is 11.8. The summed E-state index contributed by atoms with van der Waals surface area (Å²) >= 11 is 0. The van der Waals surface area contributed by atoms with Crippen LogP contribution >= 0.6 is 0 Å². The number of aliphatic hydroxyl groups excluding tert-OH is 1. The van der Waals surface area contributed by atoms with Crippen LogP contribution in [0.15, 0.2) is 43.0 Å². The van der Waals surface area contributed by atoms with Crippen molar-refractivity contribution in [2.75, 3.05) is 0 Å². The van der Waals surface area contributed by atoms with E-state index in [-0.39, 0.29) is 11.9 Å². The molecule has 2 unspecified atom stereocenters. The number of amides is 1. The topological polar surface area (TPSA) is 67.2 Å². The molecule has 1 aromatic carbocycles. The number of aliphatic hydroxyl groups is 1. The molecule has 5 nitrogen and oxygen atoms in total. The van der Waals surface area contributed by atoms with Gasteiger partial charge in [0, 0.05) is 31.8 Å². The van der Waals surface area contributed by atoms with Crippen molar-refractivity contribution in [2.45, 2.75) is 38.0 Å². The number of carbonyl (C=O) groups excluding carboxylic acids is 1. The summed E-state index contributed by atoms with van der Waals surface area (Å²) in [6, 6.07) is 7.60. The van der Waals surface area contributed by atoms with Gasteiger partial charge in [-0.15, -0.1) is 0 Å². The molecule has 1 aromatic heterocycles. The van der Waals surface area contributed by atoms with Crippen molar-refractivity contribution >= 4 is 5.91 Å². The fourth-order valence-electron chi connectivity index (χ4n) is 2.83. The van der Waals surface area contributed by atoms with Gasteiger partial charge in [-0.05, 0) is 17.5 Å². The summed E-state index contributed by atoms with van der Waals surface area (Å²) in [4.78, 5) is 16.0. The van der Waals surface area contributed by atoms with E-state index in [9.17, 15) is 9.90 Å². The van der Waals surface area contributed by atoms with Crippen LogP contribution in [0.3, 0.4) is 0 Å². The summed E-state index contributed by atoms with van der Waals surface area (Å²) < 4.78 is 1.95. The predicted molar refractivity (Wildman–Crippen MR) is 78.5 cm³/mol. The molecule has 2 aromatic rings. The number of hydrogen-bond donors (Lipinski definition) is 2. The first-order valence-corrected chi connectivity index (χ1v) is 7.25. The lowest BCUT2D eigenvalue weighted by atomic mass is 10.1. The van der Waals surface area contributed by atoms with Gasteiger partial charge in [-0.25, -0.2) is 4.98 Å². The standard InChI is InChI=1S/C16H19N3O2/c20-14-10-12-4-1-2-5-13(12)16(14)18-15(21)6-3-8-19-9-7-17-11-19/h1-2,4-5,7,9,11,14,16,20H,3,6,8,10H2,(H,18,21). The van der Waals surface area contributed by atoms with E-state index in [2.05, 4.69) is 10.3 Å². The second-order valence-corrected chi connectivity index (χ2v) is 5.42. The van der Waals surface area contributed by atoms with Gasteiger partial charge in [0.05, 0.1) is 18.5 Å². The molecule has 3 rings (SSSR count). The minimum absolute atomic E-state index is 0.0177. The van der Waals surface area contributed by atoms with Crippen LogP contribution in [0.4, 0.5) is 0 Å². The highest BCUT2D eigenvalue weighted by molar-refractivity contribution is 5.76. The van der Waals surface area contributed by atoms with Crippen LogP contribution in [0.25, 0.3) is 0 Å². The van der Waals surface area contributed by atoms with Gasteiger partial charge >= 0.3 is 0 Å². The molecule has 1 amide bonds. The van der Waals surface area contributed by atoms with E-state index in [4.69, 9.17) is 0 Å². The molecule has 2 N–H and O–H groups in total. The number of fused-ring (bicyclic) bond motifs is 1. The third-order valence-electron chi connectivity index (χ3n) is 3.90. The molecule has 0 aliphatic heterocycles. The largest absolute Gasteiger partial charge is 0.390 e. The molecule has 0 saturated carbocycles. The number of nitrogens with zero attached hydrogens (tertiary/aromatic N) is 2. The number of benzene rings is 1. The first kappa shape index (κ1) is 13.8. The number of carbonyl (C=O) groups is 1. The smallest absolute Gasteiger partial charge is 0.220 e. The maximum atomic E-state index is 12.0. The van der Waals surface area contributed by atoms with Crippen molar-refractivity contribution in [3.05, 3.63) is 54.1 Å². The Morgan fingerprint density at radius 2 is 2.29 bits per heavy atom. The Morgan fingerprint density at radius 1 is 1.43 bits per heavy atom. The number of aryl methyl sites for hydroxylation is 1. The molecule has 2 atom stereocenters. The van der Waals surface area contributed by atoms with Gasteiger partial charge < -0.3 is 15.0 Å². The second-order valence-electron chi connectivity index (χ2n) is 5.42. The van der Waals surface area contributed by atoms with Crippen molar-refractivity contribution in [2.24, 2.45) is 0 Å². The Balaban J connectivity index is 1.53. The molecule has 1 aliphatic rings. The third-order valence-corrected chi connectivity index (χ3v) is 3.90. The normalized spacial score (nSPS) is 20.2. The molecular weight excluding hydrogens is 266 g/mol. The van der Waals surface area contributed by atoms with Gasteiger partial charge in [-0.3, -0.25) is 4.79 Å². The summed E-state index contributed by atoms with van der Waals surface area (Å²) in [6.45, 7) is 0.775. The highest BCUT2D eigenvalue weighted by Crippen LogP contribution is 2.31. The monoisotopic (exact) mass is 285 g/mol. The van der Waals surface area contributed by atoms with Crippen molar-refractivity contribution in [1.29, 1.82) is 0 Å². The highest BCUT2D eigenvalue weighted by atomic mass is 16.3. The van der Waals surface area contributed by atoms with Crippen molar-refractivity contribution < 1.29 is 9.90 Å². The number of hydrogen-bond acceptors (Lipinski definition) is 3. The summed E-state index contributed by atoms with van der Waals surface area (Å²) in [5.74, 6) is -0.0177. The van der Waals surface area contributed by atoms with Crippen LogP contribution < -0.4 is 5.32 Å². The molecule has 110 valence electrons. The van der Waals surface area contributed by atoms with E-state index in [1.807, 2.05) is 35.0 Å². The van der Waals surface area contributed by atoms with E-state index >= 15 is 0 Å². The van der Waals surface area contributed by atoms with Crippen LogP contribution in [0, 0.1) is 0 Å². The summed E-state index contributed by atoms with van der Waals surface area (Å²) in [5.41, 5.74) is 2.15. The number of nitrogens with one attached hydrogen (secondary N) is 1. The Hall–Kier alpha value is -2.14. The van der Waals surface area contributed by atoms with Crippen molar-refractivity contribution in [3.63, 3.8) is 0 Å². The molecule has 21 heavy (non-hydrogen) atoms. The minimum Gasteiger partial charge on any atom is -0.390 e. The Bertz CT molecular complexity index is 610. The van der Waals surface area contributed by atoms with Crippen LogP contribution in [-0.2, 0) is 17.8 Å². The zero-order valence-electron chi connectivity index (χ0n) is 11.8. The molecule has 1 aliphatic carbocycles. The number of imidazole rings is 1. The van der Waals surface area contributed by atoms with Gasteiger partial charge in [-0.1, -0.05) is 24.3 Å². The first-order chi connectivity index (χ1) is 10.2. The van der Waals surface area contributed by atoms with Crippen molar-refractivity contribution in [1.82, 2.24) is 14.9 Å². The van der Waals surface area contributed by atoms with Gasteiger partial charge in [0.25, 0.3) is 0 Å². The van der Waals surface area contributed by atoms with E-state index in [0.29, 0.717) is 12.8 Å². The van der Waals surface area contributed by atoms with E-state index in [0.717, 1.165) is 24.1 Å².